The zero-order valence-electron chi connectivity index (χ0n) is 20.2. The number of nitrogens with zero attached hydrogens (tertiary/aromatic N) is 5. The number of fused-ring (bicyclic) bond motifs is 3. The number of carbonyl (C=O) groups excluding carboxylic acids is 1. The van der Waals surface area contributed by atoms with Crippen LogP contribution in [-0.4, -0.2) is 43.9 Å². The SMILES string of the molecule is Cn1nnc2cc(-c3ccc(C(=O)N4C5CCC4CC(N)C5)cc3-c3ccc(C#N)c(F)c3)c(F)cc21. The summed E-state index contributed by atoms with van der Waals surface area (Å²) in [4.78, 5) is 15.6. The lowest BCUT2D eigenvalue weighted by Gasteiger charge is -2.38. The average molecular weight is 499 g/mol. The summed E-state index contributed by atoms with van der Waals surface area (Å²) in [5.74, 6) is -1.28. The van der Waals surface area contributed by atoms with E-state index >= 15 is 4.39 Å². The molecule has 2 bridgehead atoms. The minimum absolute atomic E-state index is 0.0917. The van der Waals surface area contributed by atoms with E-state index in [1.54, 1.807) is 37.4 Å². The molecule has 186 valence electrons. The highest BCUT2D eigenvalue weighted by Crippen LogP contribution is 2.39. The fourth-order valence-corrected chi connectivity index (χ4v) is 5.88. The number of nitrogens with two attached hydrogens (primary N) is 1. The van der Waals surface area contributed by atoms with E-state index in [1.807, 2.05) is 11.0 Å². The van der Waals surface area contributed by atoms with Crippen LogP contribution < -0.4 is 5.73 Å². The van der Waals surface area contributed by atoms with Gasteiger partial charge in [-0.1, -0.05) is 17.3 Å². The van der Waals surface area contributed by atoms with Gasteiger partial charge >= 0.3 is 0 Å². The minimum atomic E-state index is -0.685. The maximum Gasteiger partial charge on any atom is 0.254 e. The van der Waals surface area contributed by atoms with Gasteiger partial charge in [-0.2, -0.15) is 5.26 Å². The largest absolute Gasteiger partial charge is 0.333 e. The summed E-state index contributed by atoms with van der Waals surface area (Å²) in [5.41, 5.74) is 9.25. The van der Waals surface area contributed by atoms with Crippen LogP contribution in [0.3, 0.4) is 0 Å². The topological polar surface area (TPSA) is 101 Å². The van der Waals surface area contributed by atoms with Crippen molar-refractivity contribution < 1.29 is 13.6 Å². The van der Waals surface area contributed by atoms with E-state index in [0.717, 1.165) is 25.7 Å². The second-order valence-electron chi connectivity index (χ2n) is 9.93. The monoisotopic (exact) mass is 498 g/mol. The van der Waals surface area contributed by atoms with Gasteiger partial charge in [0, 0.05) is 42.4 Å². The Morgan fingerprint density at radius 1 is 1.00 bits per heavy atom. The van der Waals surface area contributed by atoms with Crippen LogP contribution in [0.5, 0.6) is 0 Å². The summed E-state index contributed by atoms with van der Waals surface area (Å²) in [6.07, 6.45) is 3.41. The Kier molecular flexibility index (Phi) is 5.50. The number of nitriles is 1. The van der Waals surface area contributed by atoms with E-state index < -0.39 is 11.6 Å². The summed E-state index contributed by atoms with van der Waals surface area (Å²) in [5, 5.41) is 17.2. The molecular formula is C28H24F2N6O. The predicted octanol–water partition coefficient (Wildman–Crippen LogP) is 4.55. The number of hydrogen-bond acceptors (Lipinski definition) is 5. The van der Waals surface area contributed by atoms with Gasteiger partial charge < -0.3 is 10.6 Å². The molecule has 3 aromatic carbocycles. The van der Waals surface area contributed by atoms with Crippen LogP contribution in [0.4, 0.5) is 8.78 Å². The summed E-state index contributed by atoms with van der Waals surface area (Å²) < 4.78 is 31.5. The van der Waals surface area contributed by atoms with Crippen molar-refractivity contribution >= 4 is 16.9 Å². The van der Waals surface area contributed by atoms with Crippen LogP contribution in [0.1, 0.15) is 41.6 Å². The first-order chi connectivity index (χ1) is 17.8. The Bertz CT molecular complexity index is 1590. The van der Waals surface area contributed by atoms with Gasteiger partial charge in [0.2, 0.25) is 0 Å². The quantitative estimate of drug-likeness (QED) is 0.447. The van der Waals surface area contributed by atoms with Crippen molar-refractivity contribution in [3.05, 3.63) is 71.3 Å². The normalized spacial score (nSPS) is 20.8. The smallest absolute Gasteiger partial charge is 0.254 e. The minimum Gasteiger partial charge on any atom is -0.333 e. The van der Waals surface area contributed by atoms with E-state index in [1.165, 1.54) is 22.9 Å². The molecule has 1 amide bonds. The molecule has 0 aliphatic carbocycles. The number of piperidine rings is 1. The molecule has 0 saturated carbocycles. The van der Waals surface area contributed by atoms with Crippen molar-refractivity contribution in [3.63, 3.8) is 0 Å². The van der Waals surface area contributed by atoms with Crippen molar-refractivity contribution in [1.82, 2.24) is 19.9 Å². The van der Waals surface area contributed by atoms with Crippen molar-refractivity contribution in [2.24, 2.45) is 12.8 Å². The van der Waals surface area contributed by atoms with Crippen LogP contribution >= 0.6 is 0 Å². The van der Waals surface area contributed by atoms with Crippen molar-refractivity contribution in [1.29, 1.82) is 5.26 Å². The highest BCUT2D eigenvalue weighted by atomic mass is 19.1. The second-order valence-corrected chi connectivity index (χ2v) is 9.93. The molecule has 6 rings (SSSR count). The number of halogens is 2. The fourth-order valence-electron chi connectivity index (χ4n) is 5.88. The number of rotatable bonds is 3. The van der Waals surface area contributed by atoms with Crippen LogP contribution in [0.25, 0.3) is 33.3 Å². The van der Waals surface area contributed by atoms with E-state index in [9.17, 15) is 14.4 Å². The van der Waals surface area contributed by atoms with E-state index in [2.05, 4.69) is 10.3 Å². The molecule has 0 spiro atoms. The lowest BCUT2D eigenvalue weighted by Crippen LogP contribution is -2.50. The molecule has 1 aromatic heterocycles. The fraction of sp³-hybridized carbons (Fsp3) is 0.286. The van der Waals surface area contributed by atoms with E-state index in [-0.39, 0.29) is 35.2 Å². The Morgan fingerprint density at radius 3 is 2.46 bits per heavy atom. The van der Waals surface area contributed by atoms with Gasteiger partial charge in [0.05, 0.1) is 11.1 Å². The summed E-state index contributed by atoms with van der Waals surface area (Å²) in [6, 6.07) is 14.4. The maximum atomic E-state index is 15.4. The number of benzene rings is 3. The second kappa shape index (κ2) is 8.75. The zero-order valence-corrected chi connectivity index (χ0v) is 20.2. The molecule has 2 fully saturated rings. The van der Waals surface area contributed by atoms with Gasteiger partial charge in [0.15, 0.2) is 0 Å². The van der Waals surface area contributed by atoms with Crippen molar-refractivity contribution in [3.8, 4) is 28.3 Å². The van der Waals surface area contributed by atoms with Gasteiger partial charge in [-0.25, -0.2) is 13.5 Å². The maximum absolute atomic E-state index is 15.4. The number of amides is 1. The van der Waals surface area contributed by atoms with Gasteiger partial charge in [-0.3, -0.25) is 4.79 Å². The van der Waals surface area contributed by atoms with Crippen LogP contribution in [-0.2, 0) is 7.05 Å². The molecule has 2 unspecified atom stereocenters. The molecule has 7 nitrogen and oxygen atoms in total. The first-order valence-electron chi connectivity index (χ1n) is 12.3. The third-order valence-corrected chi connectivity index (χ3v) is 7.66. The molecule has 3 heterocycles. The Labute approximate surface area is 212 Å². The summed E-state index contributed by atoms with van der Waals surface area (Å²) in [7, 11) is 1.68. The third-order valence-electron chi connectivity index (χ3n) is 7.66. The molecular weight excluding hydrogens is 474 g/mol. The molecule has 2 aliphatic rings. The molecule has 4 aromatic rings. The van der Waals surface area contributed by atoms with Crippen molar-refractivity contribution in [2.45, 2.75) is 43.8 Å². The highest BCUT2D eigenvalue weighted by Gasteiger charge is 2.42. The average Bonchev–Trinajstić information content (AvgIpc) is 3.38. The van der Waals surface area contributed by atoms with Crippen molar-refractivity contribution in [2.75, 3.05) is 0 Å². The van der Waals surface area contributed by atoms with Gasteiger partial charge in [0.1, 0.15) is 23.2 Å². The predicted molar refractivity (Wildman–Crippen MR) is 134 cm³/mol. The lowest BCUT2D eigenvalue weighted by atomic mass is 9.90. The number of hydrogen-bond donors (Lipinski definition) is 1. The van der Waals surface area contributed by atoms with Gasteiger partial charge in [0.25, 0.3) is 5.91 Å². The Balaban J connectivity index is 1.50. The molecule has 2 saturated heterocycles. The molecule has 0 radical (unpaired) electrons. The number of aryl methyl sites for hydroxylation is 1. The summed E-state index contributed by atoms with van der Waals surface area (Å²) >= 11 is 0. The standard InChI is InChI=1S/C28H24F2N6O/c1-35-27-13-25(30)23(12-26(27)33-34-35)21-7-4-16(8-22(21)15-2-3-17(14-31)24(29)9-15)28(37)36-19-5-6-20(36)11-18(32)10-19/h2-4,7-9,12-13,18-20H,5-6,10-11,32H2,1H3. The Hall–Kier alpha value is -4.16. The molecule has 2 N–H and O–H groups in total. The first-order valence-corrected chi connectivity index (χ1v) is 12.3. The van der Waals surface area contributed by atoms with Gasteiger partial charge in [-0.15, -0.1) is 5.10 Å². The third kappa shape index (κ3) is 3.85. The van der Waals surface area contributed by atoms with Crippen LogP contribution in [0, 0.1) is 23.0 Å². The molecule has 2 aliphatic heterocycles. The van der Waals surface area contributed by atoms with Crippen LogP contribution in [0.2, 0.25) is 0 Å². The molecule has 9 heteroatoms. The highest BCUT2D eigenvalue weighted by molar-refractivity contribution is 5.99. The van der Waals surface area contributed by atoms with Gasteiger partial charge in [-0.05, 0) is 72.7 Å². The zero-order chi connectivity index (χ0) is 25.8. The molecule has 2 atom stereocenters. The van der Waals surface area contributed by atoms with Crippen LogP contribution in [0.15, 0.2) is 48.5 Å². The first kappa shape index (κ1) is 23.3. The molecule has 37 heavy (non-hydrogen) atoms. The number of aromatic nitrogens is 3. The number of carbonyl (C=O) groups is 1. The van der Waals surface area contributed by atoms with E-state index in [4.69, 9.17) is 5.73 Å². The van der Waals surface area contributed by atoms with E-state index in [0.29, 0.717) is 33.3 Å². The Morgan fingerprint density at radius 2 is 1.76 bits per heavy atom. The summed E-state index contributed by atoms with van der Waals surface area (Å²) in [6.45, 7) is 0. The lowest BCUT2D eigenvalue weighted by molar-refractivity contribution is 0.0575.